The lowest BCUT2D eigenvalue weighted by Crippen LogP contribution is -2.29. The molecule has 2 N–H and O–H groups in total. The van der Waals surface area contributed by atoms with Gasteiger partial charge in [-0.2, -0.15) is 0 Å². The smallest absolute Gasteiger partial charge is 0.123 e. The summed E-state index contributed by atoms with van der Waals surface area (Å²) in [7, 11) is 0. The van der Waals surface area contributed by atoms with E-state index in [0.29, 0.717) is 24.1 Å². The Labute approximate surface area is 183 Å². The van der Waals surface area contributed by atoms with Crippen LogP contribution < -0.4 is 5.32 Å². The molecule has 0 spiro atoms. The maximum Gasteiger partial charge on any atom is 0.123 e. The summed E-state index contributed by atoms with van der Waals surface area (Å²) in [5.74, 6) is 4.05. The van der Waals surface area contributed by atoms with Crippen molar-refractivity contribution in [1.29, 1.82) is 5.41 Å². The van der Waals surface area contributed by atoms with Crippen LogP contribution in [0.4, 0.5) is 10.1 Å². The number of halogens is 1. The quantitative estimate of drug-likeness (QED) is 0.283. The minimum atomic E-state index is -0.212. The highest BCUT2D eigenvalue weighted by Crippen LogP contribution is 2.41. The molecule has 31 heavy (non-hydrogen) atoms. The van der Waals surface area contributed by atoms with Crippen molar-refractivity contribution in [1.82, 2.24) is 4.98 Å². The van der Waals surface area contributed by atoms with Crippen molar-refractivity contribution < 1.29 is 4.39 Å². The number of rotatable bonds is 5. The van der Waals surface area contributed by atoms with Crippen LogP contribution >= 0.6 is 0 Å². The zero-order valence-corrected chi connectivity index (χ0v) is 17.9. The van der Waals surface area contributed by atoms with E-state index < -0.39 is 0 Å². The van der Waals surface area contributed by atoms with E-state index in [2.05, 4.69) is 23.1 Å². The number of benzene rings is 2. The fourth-order valence-electron chi connectivity index (χ4n) is 4.75. The third kappa shape index (κ3) is 4.77. The van der Waals surface area contributed by atoms with E-state index in [1.807, 2.05) is 36.5 Å². The zero-order valence-electron chi connectivity index (χ0n) is 17.9. The Kier molecular flexibility index (Phi) is 6.32. The SMILES string of the molecule is C#CCc1ccc(NC(=N)C(C)C2CCC(c3ccnc4ccc(F)cc34)CC2)cc1. The molecule has 3 nitrogen and oxygen atoms in total. The number of terminal acetylenes is 1. The van der Waals surface area contributed by atoms with E-state index in [1.54, 1.807) is 12.1 Å². The number of amidine groups is 1. The summed E-state index contributed by atoms with van der Waals surface area (Å²) < 4.78 is 13.8. The third-order valence-electron chi connectivity index (χ3n) is 6.65. The number of hydrogen-bond donors (Lipinski definition) is 2. The Bertz CT molecular complexity index is 1110. The van der Waals surface area contributed by atoms with Crippen molar-refractivity contribution in [3.8, 4) is 12.3 Å². The highest BCUT2D eigenvalue weighted by Gasteiger charge is 2.29. The number of nitrogens with one attached hydrogen (secondary N) is 2. The van der Waals surface area contributed by atoms with Gasteiger partial charge in [-0.25, -0.2) is 4.39 Å². The number of nitrogens with zero attached hydrogens (tertiary/aromatic N) is 1. The van der Waals surface area contributed by atoms with Crippen LogP contribution in [0, 0.1) is 35.4 Å². The van der Waals surface area contributed by atoms with Crippen molar-refractivity contribution in [2.75, 3.05) is 5.32 Å². The van der Waals surface area contributed by atoms with E-state index in [9.17, 15) is 4.39 Å². The number of anilines is 1. The second-order valence-corrected chi connectivity index (χ2v) is 8.58. The second-order valence-electron chi connectivity index (χ2n) is 8.58. The average molecular weight is 414 g/mol. The van der Waals surface area contributed by atoms with Gasteiger partial charge in [-0.05, 0) is 85.0 Å². The van der Waals surface area contributed by atoms with Crippen molar-refractivity contribution in [2.24, 2.45) is 11.8 Å². The van der Waals surface area contributed by atoms with E-state index in [4.69, 9.17) is 11.8 Å². The third-order valence-corrected chi connectivity index (χ3v) is 6.65. The summed E-state index contributed by atoms with van der Waals surface area (Å²) in [6.45, 7) is 2.14. The monoisotopic (exact) mass is 413 g/mol. The van der Waals surface area contributed by atoms with Crippen LogP contribution in [-0.2, 0) is 6.42 Å². The van der Waals surface area contributed by atoms with Gasteiger partial charge in [0.2, 0.25) is 0 Å². The summed E-state index contributed by atoms with van der Waals surface area (Å²) in [6.07, 6.45) is 12.1. The molecule has 4 heteroatoms. The fourth-order valence-corrected chi connectivity index (χ4v) is 4.75. The highest BCUT2D eigenvalue weighted by molar-refractivity contribution is 5.94. The molecule has 0 aliphatic heterocycles. The second kappa shape index (κ2) is 9.31. The van der Waals surface area contributed by atoms with E-state index >= 15 is 0 Å². The van der Waals surface area contributed by atoms with Gasteiger partial charge in [-0.15, -0.1) is 12.3 Å². The first kappa shape index (κ1) is 21.1. The van der Waals surface area contributed by atoms with E-state index in [-0.39, 0.29) is 11.7 Å². The van der Waals surface area contributed by atoms with E-state index in [1.165, 1.54) is 11.6 Å². The average Bonchev–Trinajstić information content (AvgIpc) is 2.80. The molecule has 1 aromatic heterocycles. The molecular weight excluding hydrogens is 385 g/mol. The molecule has 1 atom stereocenters. The topological polar surface area (TPSA) is 48.8 Å². The summed E-state index contributed by atoms with van der Waals surface area (Å²) in [5, 5.41) is 12.8. The molecule has 0 amide bonds. The summed E-state index contributed by atoms with van der Waals surface area (Å²) in [5.41, 5.74) is 4.09. The molecular formula is C27H28FN3. The molecule has 0 saturated heterocycles. The van der Waals surface area contributed by atoms with Crippen LogP contribution in [0.25, 0.3) is 10.9 Å². The van der Waals surface area contributed by atoms with Crippen LogP contribution in [0.3, 0.4) is 0 Å². The molecule has 0 radical (unpaired) electrons. The molecule has 1 heterocycles. The van der Waals surface area contributed by atoms with Gasteiger partial charge in [0, 0.05) is 29.6 Å². The van der Waals surface area contributed by atoms with Gasteiger partial charge in [-0.3, -0.25) is 10.4 Å². The number of pyridine rings is 1. The number of fused-ring (bicyclic) bond motifs is 1. The van der Waals surface area contributed by atoms with Crippen molar-refractivity contribution in [2.45, 2.75) is 44.9 Å². The highest BCUT2D eigenvalue weighted by atomic mass is 19.1. The van der Waals surface area contributed by atoms with Gasteiger partial charge < -0.3 is 5.32 Å². The van der Waals surface area contributed by atoms with Crippen LogP contribution in [0.2, 0.25) is 0 Å². The predicted octanol–water partition coefficient (Wildman–Crippen LogP) is 6.55. The number of hydrogen-bond acceptors (Lipinski definition) is 2. The predicted molar refractivity (Wildman–Crippen MR) is 126 cm³/mol. The van der Waals surface area contributed by atoms with Gasteiger partial charge in [0.05, 0.1) is 5.52 Å². The Morgan fingerprint density at radius 2 is 1.90 bits per heavy atom. The van der Waals surface area contributed by atoms with Crippen molar-refractivity contribution >= 4 is 22.4 Å². The van der Waals surface area contributed by atoms with Crippen LogP contribution in [-0.4, -0.2) is 10.8 Å². The molecule has 1 fully saturated rings. The molecule has 0 bridgehead atoms. The lowest BCUT2D eigenvalue weighted by atomic mass is 9.73. The summed E-state index contributed by atoms with van der Waals surface area (Å²) >= 11 is 0. The minimum Gasteiger partial charge on any atom is -0.344 e. The molecule has 1 saturated carbocycles. The molecule has 1 unspecified atom stereocenters. The Morgan fingerprint density at radius 1 is 1.16 bits per heavy atom. The molecule has 1 aliphatic carbocycles. The fraction of sp³-hybridized carbons (Fsp3) is 0.333. The van der Waals surface area contributed by atoms with Gasteiger partial charge in [-0.1, -0.05) is 19.1 Å². The lowest BCUT2D eigenvalue weighted by molar-refractivity contribution is 0.287. The van der Waals surface area contributed by atoms with Gasteiger partial charge in [0.25, 0.3) is 0 Å². The maximum absolute atomic E-state index is 13.8. The Morgan fingerprint density at radius 3 is 2.61 bits per heavy atom. The molecule has 3 aromatic rings. The molecule has 4 rings (SSSR count). The first-order valence-electron chi connectivity index (χ1n) is 11.0. The summed E-state index contributed by atoms with van der Waals surface area (Å²) in [4.78, 5) is 4.39. The van der Waals surface area contributed by atoms with E-state index in [0.717, 1.165) is 47.8 Å². The zero-order chi connectivity index (χ0) is 21.8. The van der Waals surface area contributed by atoms with Gasteiger partial charge >= 0.3 is 0 Å². The van der Waals surface area contributed by atoms with Crippen LogP contribution in [0.15, 0.2) is 54.7 Å². The summed E-state index contributed by atoms with van der Waals surface area (Å²) in [6, 6.07) is 14.9. The molecule has 2 aromatic carbocycles. The largest absolute Gasteiger partial charge is 0.344 e. The Balaban J connectivity index is 1.38. The number of aromatic nitrogens is 1. The first-order chi connectivity index (χ1) is 15.0. The maximum atomic E-state index is 13.8. The minimum absolute atomic E-state index is 0.165. The standard InChI is InChI=1S/C27H28FN3/c1-3-4-19-5-12-23(13-6-19)31-27(29)18(2)20-7-9-21(10-8-20)24-15-16-30-26-14-11-22(28)17-25(24)26/h1,5-6,11-18,20-21H,4,7-10H2,2H3,(H2,29,31). The van der Waals surface area contributed by atoms with Crippen molar-refractivity contribution in [3.05, 3.63) is 71.7 Å². The van der Waals surface area contributed by atoms with Gasteiger partial charge in [0.15, 0.2) is 0 Å². The van der Waals surface area contributed by atoms with Gasteiger partial charge in [0.1, 0.15) is 11.7 Å². The first-order valence-corrected chi connectivity index (χ1v) is 11.0. The lowest BCUT2D eigenvalue weighted by Gasteiger charge is -2.33. The molecule has 1 aliphatic rings. The Hall–Kier alpha value is -3.19. The van der Waals surface area contributed by atoms with Crippen LogP contribution in [0.5, 0.6) is 0 Å². The normalized spacial score (nSPS) is 19.5. The van der Waals surface area contributed by atoms with Crippen LogP contribution in [0.1, 0.15) is 49.7 Å². The molecule has 158 valence electrons. The van der Waals surface area contributed by atoms with Crippen molar-refractivity contribution in [3.63, 3.8) is 0 Å².